The molecule has 102 valence electrons. The molecule has 1 fully saturated rings. The molecular weight excluding hydrogens is 208 g/mol. The lowest BCUT2D eigenvalue weighted by atomic mass is 9.89. The highest BCUT2D eigenvalue weighted by Crippen LogP contribution is 2.25. The molecule has 0 aromatic heterocycles. The molecule has 1 heterocycles. The Morgan fingerprint density at radius 1 is 1.29 bits per heavy atom. The Bertz CT molecular complexity index is 228. The van der Waals surface area contributed by atoms with Crippen molar-refractivity contribution in [1.29, 1.82) is 0 Å². The van der Waals surface area contributed by atoms with E-state index in [4.69, 9.17) is 0 Å². The standard InChI is InChI=1S/C15H32N2/c1-7-8-13-11-17(10-9-14(2,3)4)15(5,6)12-16-13/h13,16H,7-12H2,1-6H3. The van der Waals surface area contributed by atoms with Crippen molar-refractivity contribution in [2.75, 3.05) is 19.6 Å². The van der Waals surface area contributed by atoms with Crippen LogP contribution in [0, 0.1) is 5.41 Å². The first-order valence-corrected chi connectivity index (χ1v) is 7.23. The molecule has 0 bridgehead atoms. The summed E-state index contributed by atoms with van der Waals surface area (Å²) in [6, 6.07) is 0.702. The van der Waals surface area contributed by atoms with Crippen molar-refractivity contribution in [2.45, 2.75) is 72.4 Å². The Morgan fingerprint density at radius 3 is 2.47 bits per heavy atom. The van der Waals surface area contributed by atoms with E-state index in [9.17, 15) is 0 Å². The van der Waals surface area contributed by atoms with Crippen LogP contribution in [0.5, 0.6) is 0 Å². The van der Waals surface area contributed by atoms with Gasteiger partial charge in [0.2, 0.25) is 0 Å². The topological polar surface area (TPSA) is 15.3 Å². The van der Waals surface area contributed by atoms with E-state index < -0.39 is 0 Å². The van der Waals surface area contributed by atoms with Crippen LogP contribution in [0.15, 0.2) is 0 Å². The summed E-state index contributed by atoms with van der Waals surface area (Å²) in [4.78, 5) is 2.69. The first-order chi connectivity index (χ1) is 7.74. The van der Waals surface area contributed by atoms with Gasteiger partial charge in [0.1, 0.15) is 0 Å². The zero-order valence-corrected chi connectivity index (χ0v) is 12.8. The van der Waals surface area contributed by atoms with E-state index in [0.29, 0.717) is 17.0 Å². The van der Waals surface area contributed by atoms with Crippen molar-refractivity contribution in [3.8, 4) is 0 Å². The summed E-state index contributed by atoms with van der Waals surface area (Å²) in [6.07, 6.45) is 3.88. The fourth-order valence-corrected chi connectivity index (χ4v) is 2.49. The van der Waals surface area contributed by atoms with Crippen molar-refractivity contribution in [1.82, 2.24) is 10.2 Å². The van der Waals surface area contributed by atoms with E-state index in [2.05, 4.69) is 51.8 Å². The summed E-state index contributed by atoms with van der Waals surface area (Å²) in [5.74, 6) is 0. The first kappa shape index (κ1) is 15.0. The third kappa shape index (κ3) is 4.97. The molecule has 17 heavy (non-hydrogen) atoms. The predicted octanol–water partition coefficient (Wildman–Crippen LogP) is 3.28. The Hall–Kier alpha value is -0.0800. The minimum absolute atomic E-state index is 0.315. The maximum atomic E-state index is 3.70. The number of hydrogen-bond donors (Lipinski definition) is 1. The third-order valence-corrected chi connectivity index (χ3v) is 3.89. The lowest BCUT2D eigenvalue weighted by Gasteiger charge is -2.47. The van der Waals surface area contributed by atoms with Crippen LogP contribution in [0.1, 0.15) is 60.8 Å². The number of rotatable bonds is 4. The minimum atomic E-state index is 0.315. The van der Waals surface area contributed by atoms with E-state index >= 15 is 0 Å². The molecule has 1 aliphatic rings. The van der Waals surface area contributed by atoms with Gasteiger partial charge in [-0.15, -0.1) is 0 Å². The van der Waals surface area contributed by atoms with Gasteiger partial charge in [-0.05, 0) is 38.6 Å². The lowest BCUT2D eigenvalue weighted by molar-refractivity contribution is 0.0538. The van der Waals surface area contributed by atoms with Gasteiger partial charge in [0.05, 0.1) is 0 Å². The van der Waals surface area contributed by atoms with E-state index in [1.54, 1.807) is 0 Å². The monoisotopic (exact) mass is 240 g/mol. The maximum absolute atomic E-state index is 3.70. The minimum Gasteiger partial charge on any atom is -0.311 e. The molecule has 2 heteroatoms. The maximum Gasteiger partial charge on any atom is 0.0278 e. The number of nitrogens with one attached hydrogen (secondary N) is 1. The van der Waals surface area contributed by atoms with Gasteiger partial charge in [0.15, 0.2) is 0 Å². The van der Waals surface area contributed by atoms with Crippen LogP contribution in [0.3, 0.4) is 0 Å². The molecule has 0 radical (unpaired) electrons. The van der Waals surface area contributed by atoms with Gasteiger partial charge in [-0.2, -0.15) is 0 Å². The molecule has 0 amide bonds. The molecule has 0 spiro atoms. The molecule has 0 aromatic carbocycles. The van der Waals surface area contributed by atoms with E-state index in [0.717, 1.165) is 6.54 Å². The summed E-state index contributed by atoms with van der Waals surface area (Å²) in [5.41, 5.74) is 0.761. The Labute approximate surface area is 108 Å². The third-order valence-electron chi connectivity index (χ3n) is 3.89. The van der Waals surface area contributed by atoms with Crippen molar-refractivity contribution in [2.24, 2.45) is 5.41 Å². The fraction of sp³-hybridized carbons (Fsp3) is 1.00. The van der Waals surface area contributed by atoms with Gasteiger partial charge in [0.25, 0.3) is 0 Å². The van der Waals surface area contributed by atoms with Crippen LogP contribution in [-0.4, -0.2) is 36.1 Å². The Morgan fingerprint density at radius 2 is 1.94 bits per heavy atom. The van der Waals surface area contributed by atoms with Crippen molar-refractivity contribution in [3.63, 3.8) is 0 Å². The summed E-state index contributed by atoms with van der Waals surface area (Å²) < 4.78 is 0. The molecule has 1 aliphatic heterocycles. The number of piperazine rings is 1. The van der Waals surface area contributed by atoms with E-state index in [-0.39, 0.29) is 0 Å². The van der Waals surface area contributed by atoms with Crippen LogP contribution < -0.4 is 5.32 Å². The van der Waals surface area contributed by atoms with Crippen LogP contribution in [0.25, 0.3) is 0 Å². The highest BCUT2D eigenvalue weighted by atomic mass is 15.3. The SMILES string of the molecule is CCCC1CN(CCC(C)(C)C)C(C)(C)CN1. The average Bonchev–Trinajstić information content (AvgIpc) is 2.18. The van der Waals surface area contributed by atoms with E-state index in [1.165, 1.54) is 32.4 Å². The largest absolute Gasteiger partial charge is 0.311 e. The Balaban J connectivity index is 2.52. The van der Waals surface area contributed by atoms with Crippen LogP contribution in [0.2, 0.25) is 0 Å². The molecule has 0 aliphatic carbocycles. The van der Waals surface area contributed by atoms with Gasteiger partial charge < -0.3 is 5.32 Å². The van der Waals surface area contributed by atoms with Gasteiger partial charge in [-0.1, -0.05) is 34.1 Å². The molecule has 0 saturated carbocycles. The fourth-order valence-electron chi connectivity index (χ4n) is 2.49. The van der Waals surface area contributed by atoms with Gasteiger partial charge in [-0.3, -0.25) is 4.90 Å². The highest BCUT2D eigenvalue weighted by molar-refractivity contribution is 4.93. The van der Waals surface area contributed by atoms with Crippen molar-refractivity contribution in [3.05, 3.63) is 0 Å². The molecule has 1 unspecified atom stereocenters. The van der Waals surface area contributed by atoms with Gasteiger partial charge >= 0.3 is 0 Å². The average molecular weight is 240 g/mol. The molecular formula is C15H32N2. The molecule has 1 N–H and O–H groups in total. The normalized spacial score (nSPS) is 26.1. The highest BCUT2D eigenvalue weighted by Gasteiger charge is 2.33. The van der Waals surface area contributed by atoms with Gasteiger partial charge in [0, 0.05) is 24.7 Å². The second-order valence-corrected chi connectivity index (χ2v) is 7.44. The number of nitrogens with zero attached hydrogens (tertiary/aromatic N) is 1. The van der Waals surface area contributed by atoms with Crippen molar-refractivity contribution < 1.29 is 0 Å². The Kier molecular flexibility index (Phi) is 5.03. The van der Waals surface area contributed by atoms with Crippen molar-refractivity contribution >= 4 is 0 Å². The molecule has 1 atom stereocenters. The first-order valence-electron chi connectivity index (χ1n) is 7.23. The molecule has 2 nitrogen and oxygen atoms in total. The quantitative estimate of drug-likeness (QED) is 0.811. The smallest absolute Gasteiger partial charge is 0.0278 e. The molecule has 1 saturated heterocycles. The van der Waals surface area contributed by atoms with Crippen LogP contribution in [0.4, 0.5) is 0 Å². The zero-order chi connectivity index (χ0) is 13.1. The summed E-state index contributed by atoms with van der Waals surface area (Å²) >= 11 is 0. The molecule has 0 aromatic rings. The zero-order valence-electron chi connectivity index (χ0n) is 12.8. The summed E-state index contributed by atoms with van der Waals surface area (Å²) in [7, 11) is 0. The number of hydrogen-bond acceptors (Lipinski definition) is 2. The van der Waals surface area contributed by atoms with Crippen LogP contribution in [-0.2, 0) is 0 Å². The van der Waals surface area contributed by atoms with Gasteiger partial charge in [-0.25, -0.2) is 0 Å². The second kappa shape index (κ2) is 5.71. The second-order valence-electron chi connectivity index (χ2n) is 7.44. The van der Waals surface area contributed by atoms with Crippen LogP contribution >= 0.6 is 0 Å². The van der Waals surface area contributed by atoms with E-state index in [1.807, 2.05) is 0 Å². The molecule has 1 rings (SSSR count). The lowest BCUT2D eigenvalue weighted by Crippen LogP contribution is -2.62. The summed E-state index contributed by atoms with van der Waals surface area (Å²) in [6.45, 7) is 17.6. The summed E-state index contributed by atoms with van der Waals surface area (Å²) in [5, 5.41) is 3.70. The predicted molar refractivity (Wildman–Crippen MR) is 76.4 cm³/mol.